The molecule has 2 heterocycles. The average molecular weight is 356 g/mol. The number of hydrogen-bond acceptors (Lipinski definition) is 4. The van der Waals surface area contributed by atoms with Crippen LogP contribution >= 0.6 is 0 Å². The van der Waals surface area contributed by atoms with Crippen molar-refractivity contribution < 1.29 is 4.79 Å². The highest BCUT2D eigenvalue weighted by Crippen LogP contribution is 2.22. The molecule has 0 saturated carbocycles. The molecule has 6 nitrogen and oxygen atoms in total. The summed E-state index contributed by atoms with van der Waals surface area (Å²) in [4.78, 5) is 28.2. The number of carbonyl (C=O) groups is 1. The number of nitrogens with zero attached hydrogens (tertiary/aromatic N) is 3. The number of fused-ring (bicyclic) bond motifs is 1. The Labute approximate surface area is 155 Å². The van der Waals surface area contributed by atoms with Gasteiger partial charge in [-0.3, -0.25) is 14.6 Å². The first-order chi connectivity index (χ1) is 13.2. The maximum absolute atomic E-state index is 12.2. The molecule has 6 heteroatoms. The minimum Gasteiger partial charge on any atom is -0.324 e. The first-order valence-electron chi connectivity index (χ1n) is 8.46. The fourth-order valence-electron chi connectivity index (χ4n) is 2.84. The number of anilines is 1. The summed E-state index contributed by atoms with van der Waals surface area (Å²) < 4.78 is 1.17. The molecule has 0 fully saturated rings. The number of amides is 1. The van der Waals surface area contributed by atoms with E-state index in [2.05, 4.69) is 15.4 Å². The quantitative estimate of drug-likeness (QED) is 0.610. The Morgan fingerprint density at radius 2 is 1.70 bits per heavy atom. The molecule has 1 amide bonds. The lowest BCUT2D eigenvalue weighted by Gasteiger charge is -2.09. The number of nitrogens with one attached hydrogen (secondary N) is 1. The van der Waals surface area contributed by atoms with Crippen molar-refractivity contribution in [2.24, 2.45) is 0 Å². The maximum atomic E-state index is 12.2. The van der Waals surface area contributed by atoms with Crippen LogP contribution in [-0.4, -0.2) is 20.7 Å². The predicted molar refractivity (Wildman–Crippen MR) is 104 cm³/mol. The van der Waals surface area contributed by atoms with Gasteiger partial charge in [-0.1, -0.05) is 36.4 Å². The monoisotopic (exact) mass is 356 g/mol. The molecule has 0 radical (unpaired) electrons. The number of aromatic nitrogens is 3. The molecule has 27 heavy (non-hydrogen) atoms. The molecule has 4 aromatic rings. The van der Waals surface area contributed by atoms with Crippen LogP contribution in [0.2, 0.25) is 0 Å². The van der Waals surface area contributed by atoms with Crippen LogP contribution in [-0.2, 0) is 11.3 Å². The predicted octanol–water partition coefficient (Wildman–Crippen LogP) is 3.10. The van der Waals surface area contributed by atoms with Gasteiger partial charge in [0.15, 0.2) is 0 Å². The molecule has 1 N–H and O–H groups in total. The summed E-state index contributed by atoms with van der Waals surface area (Å²) in [6.45, 7) is -0.164. The van der Waals surface area contributed by atoms with E-state index in [9.17, 15) is 9.59 Å². The van der Waals surface area contributed by atoms with E-state index in [1.807, 2.05) is 42.5 Å². The maximum Gasteiger partial charge on any atom is 0.267 e. The summed E-state index contributed by atoms with van der Waals surface area (Å²) in [5.41, 5.74) is 1.81. The van der Waals surface area contributed by atoms with E-state index in [0.29, 0.717) is 11.4 Å². The van der Waals surface area contributed by atoms with E-state index >= 15 is 0 Å². The van der Waals surface area contributed by atoms with Gasteiger partial charge in [0.05, 0.1) is 5.69 Å². The highest BCUT2D eigenvalue weighted by Gasteiger charge is 2.09. The molecule has 4 rings (SSSR count). The molecule has 0 bridgehead atoms. The third-order valence-corrected chi connectivity index (χ3v) is 4.17. The van der Waals surface area contributed by atoms with Gasteiger partial charge in [-0.25, -0.2) is 4.68 Å². The highest BCUT2D eigenvalue weighted by molar-refractivity contribution is 5.90. The Bertz CT molecular complexity index is 1170. The fourth-order valence-corrected chi connectivity index (χ4v) is 2.84. The molecule has 132 valence electrons. The van der Waals surface area contributed by atoms with Gasteiger partial charge in [0, 0.05) is 29.7 Å². The van der Waals surface area contributed by atoms with Crippen LogP contribution in [0, 0.1) is 0 Å². The Kier molecular flexibility index (Phi) is 4.45. The van der Waals surface area contributed by atoms with E-state index in [1.165, 1.54) is 10.7 Å². The van der Waals surface area contributed by atoms with Crippen molar-refractivity contribution in [1.29, 1.82) is 0 Å². The smallest absolute Gasteiger partial charge is 0.267 e. The van der Waals surface area contributed by atoms with Crippen LogP contribution in [0.3, 0.4) is 0 Å². The second-order valence-electron chi connectivity index (χ2n) is 6.06. The van der Waals surface area contributed by atoms with Crippen LogP contribution in [0.5, 0.6) is 0 Å². The SMILES string of the molecule is O=C(Cn1nc(-c2ccc3ccccc3c2)ccc1=O)Nc1ccncc1. The second-order valence-corrected chi connectivity index (χ2v) is 6.06. The van der Waals surface area contributed by atoms with Gasteiger partial charge in [0.2, 0.25) is 5.91 Å². The van der Waals surface area contributed by atoms with Crippen molar-refractivity contribution in [3.8, 4) is 11.3 Å². The van der Waals surface area contributed by atoms with Crippen molar-refractivity contribution in [3.05, 3.63) is 89.5 Å². The number of rotatable bonds is 4. The van der Waals surface area contributed by atoms with Gasteiger partial charge >= 0.3 is 0 Å². The summed E-state index contributed by atoms with van der Waals surface area (Å²) in [7, 11) is 0. The topological polar surface area (TPSA) is 76.9 Å². The van der Waals surface area contributed by atoms with Crippen LogP contribution in [0.1, 0.15) is 0 Å². The Hall–Kier alpha value is -3.80. The van der Waals surface area contributed by atoms with E-state index in [0.717, 1.165) is 16.3 Å². The molecule has 2 aromatic heterocycles. The van der Waals surface area contributed by atoms with Crippen molar-refractivity contribution in [3.63, 3.8) is 0 Å². The third-order valence-electron chi connectivity index (χ3n) is 4.17. The first kappa shape index (κ1) is 16.7. The lowest BCUT2D eigenvalue weighted by molar-refractivity contribution is -0.117. The van der Waals surface area contributed by atoms with Gasteiger partial charge in [0.25, 0.3) is 5.56 Å². The lowest BCUT2D eigenvalue weighted by atomic mass is 10.1. The van der Waals surface area contributed by atoms with Gasteiger partial charge < -0.3 is 5.32 Å². The molecule has 0 aliphatic heterocycles. The molecule has 2 aromatic carbocycles. The van der Waals surface area contributed by atoms with Crippen molar-refractivity contribution >= 4 is 22.4 Å². The number of pyridine rings is 1. The van der Waals surface area contributed by atoms with Gasteiger partial charge in [-0.2, -0.15) is 5.10 Å². The number of hydrogen-bond donors (Lipinski definition) is 1. The summed E-state index contributed by atoms with van der Waals surface area (Å²) in [6, 6.07) is 20.5. The molecule has 0 aliphatic rings. The largest absolute Gasteiger partial charge is 0.324 e. The molecule has 0 atom stereocenters. The average Bonchev–Trinajstić information content (AvgIpc) is 2.70. The summed E-state index contributed by atoms with van der Waals surface area (Å²) >= 11 is 0. The zero-order chi connectivity index (χ0) is 18.6. The lowest BCUT2D eigenvalue weighted by Crippen LogP contribution is -2.29. The van der Waals surface area contributed by atoms with Gasteiger partial charge in [-0.05, 0) is 35.0 Å². The third kappa shape index (κ3) is 3.74. The van der Waals surface area contributed by atoms with E-state index in [4.69, 9.17) is 0 Å². The normalized spacial score (nSPS) is 10.7. The van der Waals surface area contributed by atoms with Crippen LogP contribution < -0.4 is 10.9 Å². The van der Waals surface area contributed by atoms with E-state index < -0.39 is 0 Å². The van der Waals surface area contributed by atoms with Gasteiger partial charge in [0.1, 0.15) is 6.54 Å². The summed E-state index contributed by atoms with van der Waals surface area (Å²) in [5, 5.41) is 9.30. The minimum absolute atomic E-state index is 0.164. The number of carbonyl (C=O) groups excluding carboxylic acids is 1. The zero-order valence-corrected chi connectivity index (χ0v) is 14.4. The Balaban J connectivity index is 1.60. The van der Waals surface area contributed by atoms with Crippen molar-refractivity contribution in [1.82, 2.24) is 14.8 Å². The van der Waals surface area contributed by atoms with Crippen molar-refractivity contribution in [2.45, 2.75) is 6.54 Å². The van der Waals surface area contributed by atoms with Crippen LogP contribution in [0.4, 0.5) is 5.69 Å². The highest BCUT2D eigenvalue weighted by atomic mass is 16.2. The number of benzene rings is 2. The standard InChI is InChI=1S/C21H16N4O2/c26-20(23-18-9-11-22-12-10-18)14-25-21(27)8-7-19(24-25)17-6-5-15-3-1-2-4-16(15)13-17/h1-13H,14H2,(H,22,23,26). The zero-order valence-electron chi connectivity index (χ0n) is 14.4. The van der Waals surface area contributed by atoms with Crippen LogP contribution in [0.15, 0.2) is 83.9 Å². The fraction of sp³-hybridized carbons (Fsp3) is 0.0476. The van der Waals surface area contributed by atoms with E-state index in [1.54, 1.807) is 30.6 Å². The minimum atomic E-state index is -0.329. The summed E-state index contributed by atoms with van der Waals surface area (Å²) in [5.74, 6) is -0.327. The summed E-state index contributed by atoms with van der Waals surface area (Å²) in [6.07, 6.45) is 3.17. The molecular weight excluding hydrogens is 340 g/mol. The molecular formula is C21H16N4O2. The van der Waals surface area contributed by atoms with Crippen molar-refractivity contribution in [2.75, 3.05) is 5.32 Å². The molecule has 0 saturated heterocycles. The molecule has 0 aliphatic carbocycles. The second kappa shape index (κ2) is 7.21. The Morgan fingerprint density at radius 3 is 2.52 bits per heavy atom. The first-order valence-corrected chi connectivity index (χ1v) is 8.46. The molecule has 0 unspecified atom stereocenters. The Morgan fingerprint density at radius 1 is 0.926 bits per heavy atom. The molecule has 0 spiro atoms. The van der Waals surface area contributed by atoms with Crippen LogP contribution in [0.25, 0.3) is 22.0 Å². The van der Waals surface area contributed by atoms with Gasteiger partial charge in [-0.15, -0.1) is 0 Å². The van der Waals surface area contributed by atoms with E-state index in [-0.39, 0.29) is 18.0 Å².